The molecule has 54 heavy (non-hydrogen) atoms. The normalized spacial score (nSPS) is 14.4. The molecule has 7 heteroatoms. The molecule has 1 atom stereocenters. The van der Waals surface area contributed by atoms with E-state index in [1.54, 1.807) is 7.11 Å². The lowest BCUT2D eigenvalue weighted by Crippen LogP contribution is -2.32. The van der Waals surface area contributed by atoms with Crippen LogP contribution < -0.4 is 18.9 Å². The zero-order chi connectivity index (χ0) is 39.6. The molecule has 1 aliphatic heterocycles. The number of nitrogens with zero attached hydrogens (tertiary/aromatic N) is 2. The van der Waals surface area contributed by atoms with E-state index in [9.17, 15) is 4.79 Å². The van der Waals surface area contributed by atoms with E-state index >= 15 is 0 Å². The van der Waals surface area contributed by atoms with Gasteiger partial charge in [0.1, 0.15) is 34.7 Å². The summed E-state index contributed by atoms with van der Waals surface area (Å²) in [4.78, 5) is 19.0. The maximum atomic E-state index is 13.8. The lowest BCUT2D eigenvalue weighted by atomic mass is 9.92. The number of benzene rings is 2. The summed E-state index contributed by atoms with van der Waals surface area (Å²) in [5.74, 6) is 5.42. The van der Waals surface area contributed by atoms with Crippen molar-refractivity contribution in [1.29, 1.82) is 0 Å². The van der Waals surface area contributed by atoms with Crippen LogP contribution in [0.5, 0.6) is 23.0 Å². The van der Waals surface area contributed by atoms with Gasteiger partial charge in [0.05, 0.1) is 26.7 Å². The number of allylic oxidation sites excluding steroid dienone is 2. The fraction of sp³-hybridized carbons (Fsp3) is 0.681. The number of ether oxygens (including phenoxy) is 4. The average Bonchev–Trinajstić information content (AvgIpc) is 3.09. The number of carbonyl (C=O) groups excluding carboxylic acids is 1. The van der Waals surface area contributed by atoms with Crippen LogP contribution in [-0.2, 0) is 6.42 Å². The summed E-state index contributed by atoms with van der Waals surface area (Å²) in [5.41, 5.74) is 3.58. The first-order chi connectivity index (χ1) is 25.8. The Labute approximate surface area is 330 Å². The molecule has 1 heterocycles. The van der Waals surface area contributed by atoms with Crippen LogP contribution in [-0.4, -0.2) is 75.2 Å². The highest BCUT2D eigenvalue weighted by Crippen LogP contribution is 2.46. The molecule has 0 radical (unpaired) electrons. The fourth-order valence-electron chi connectivity index (χ4n) is 7.44. The maximum absolute atomic E-state index is 13.8. The van der Waals surface area contributed by atoms with Crippen molar-refractivity contribution >= 4 is 5.78 Å². The number of fused-ring (bicyclic) bond motifs is 1. The van der Waals surface area contributed by atoms with Gasteiger partial charge < -0.3 is 28.7 Å². The second-order valence-electron chi connectivity index (χ2n) is 17.5. The monoisotopic (exact) mass is 749 g/mol. The topological polar surface area (TPSA) is 60.5 Å². The minimum absolute atomic E-state index is 0.0242. The Hall–Kier alpha value is -3.03. The van der Waals surface area contributed by atoms with Crippen molar-refractivity contribution in [2.75, 3.05) is 59.6 Å². The minimum Gasteiger partial charge on any atom is -0.496 e. The molecule has 0 N–H and O–H groups in total. The number of methoxy groups -OCH3 is 1. The number of Topliss-reactive ketones (excluding diaryl/α,β-unsaturated/α-hetero) is 1. The van der Waals surface area contributed by atoms with Crippen LogP contribution in [0, 0.1) is 23.7 Å². The van der Waals surface area contributed by atoms with Gasteiger partial charge in [0.2, 0.25) is 0 Å². The molecule has 7 nitrogen and oxygen atoms in total. The molecule has 0 bridgehead atoms. The first kappa shape index (κ1) is 45.4. The van der Waals surface area contributed by atoms with Gasteiger partial charge in [-0.05, 0) is 113 Å². The largest absolute Gasteiger partial charge is 0.496 e. The van der Waals surface area contributed by atoms with Gasteiger partial charge >= 0.3 is 0 Å². The highest BCUT2D eigenvalue weighted by molar-refractivity contribution is 6.03. The van der Waals surface area contributed by atoms with Crippen LogP contribution >= 0.6 is 0 Å². The highest BCUT2D eigenvalue weighted by Gasteiger charge is 2.34. The average molecular weight is 749 g/mol. The predicted octanol–water partition coefficient (Wildman–Crippen LogP) is 11.2. The molecule has 0 saturated carbocycles. The Morgan fingerprint density at radius 3 is 1.74 bits per heavy atom. The van der Waals surface area contributed by atoms with E-state index in [1.165, 1.54) is 25.1 Å². The smallest absolute Gasteiger partial charge is 0.174 e. The van der Waals surface area contributed by atoms with Gasteiger partial charge in [-0.2, -0.15) is 0 Å². The number of carbonyl (C=O) groups is 1. The van der Waals surface area contributed by atoms with E-state index in [4.69, 9.17) is 18.9 Å². The van der Waals surface area contributed by atoms with Crippen LogP contribution in [0.3, 0.4) is 0 Å². The summed E-state index contributed by atoms with van der Waals surface area (Å²) in [6, 6.07) is 9.96. The SMILES string of the molecule is COc1cc(OCCCCCN(CC(C)C)CC(C)C)c(CC=C(C)C)c2c1C(=O)CC(c1ccc(OCCCCCN(CC(C)C)CC(C)C)cc1)O2. The number of unbranched alkanes of at least 4 members (excludes halogenated alkanes) is 4. The van der Waals surface area contributed by atoms with Crippen LogP contribution in [0.15, 0.2) is 42.0 Å². The lowest BCUT2D eigenvalue weighted by molar-refractivity contribution is 0.0841. The number of hydrogen-bond donors (Lipinski definition) is 0. The van der Waals surface area contributed by atoms with Gasteiger partial charge in [0.15, 0.2) is 5.78 Å². The molecule has 0 saturated heterocycles. The molecule has 0 amide bonds. The summed E-state index contributed by atoms with van der Waals surface area (Å²) in [6.45, 7) is 30.8. The van der Waals surface area contributed by atoms with Crippen molar-refractivity contribution in [2.45, 2.75) is 127 Å². The number of rotatable bonds is 26. The molecule has 2 aromatic rings. The summed E-state index contributed by atoms with van der Waals surface area (Å²) in [6.07, 6.45) is 9.24. The molecule has 304 valence electrons. The third kappa shape index (κ3) is 16.0. The van der Waals surface area contributed by atoms with Gasteiger partial charge in [-0.25, -0.2) is 0 Å². The van der Waals surface area contributed by atoms with Crippen molar-refractivity contribution in [3.05, 3.63) is 58.7 Å². The molecule has 0 aliphatic carbocycles. The van der Waals surface area contributed by atoms with Gasteiger partial charge in [-0.3, -0.25) is 4.79 Å². The fourth-order valence-corrected chi connectivity index (χ4v) is 7.44. The zero-order valence-electron chi connectivity index (χ0n) is 36.1. The first-order valence-corrected chi connectivity index (χ1v) is 21.1. The molecule has 2 aromatic carbocycles. The molecule has 0 spiro atoms. The van der Waals surface area contributed by atoms with E-state index in [-0.39, 0.29) is 12.2 Å². The van der Waals surface area contributed by atoms with E-state index in [2.05, 4.69) is 85.1 Å². The van der Waals surface area contributed by atoms with Crippen LogP contribution in [0.1, 0.15) is 142 Å². The van der Waals surface area contributed by atoms with Gasteiger partial charge in [-0.1, -0.05) is 79.2 Å². The lowest BCUT2D eigenvalue weighted by Gasteiger charge is -2.29. The van der Waals surface area contributed by atoms with Crippen LogP contribution in [0.25, 0.3) is 0 Å². The van der Waals surface area contributed by atoms with Crippen LogP contribution in [0.2, 0.25) is 0 Å². The molecular formula is C47H76N2O5. The summed E-state index contributed by atoms with van der Waals surface area (Å²) in [5, 5.41) is 0. The number of hydrogen-bond acceptors (Lipinski definition) is 7. The molecule has 3 rings (SSSR count). The molecule has 0 fully saturated rings. The Morgan fingerprint density at radius 2 is 1.26 bits per heavy atom. The van der Waals surface area contributed by atoms with Crippen molar-refractivity contribution in [3.8, 4) is 23.0 Å². The standard InChI is InChI=1S/C47H76N2O5/c1-34(2)18-23-41-44(53-27-17-13-15-25-49(32-37(7)8)33-38(9)10)29-45(51-11)46-42(50)28-43(54-47(41)46)39-19-21-40(22-20-39)52-26-16-12-14-24-48(30-35(3)4)31-36(5)6/h18-22,29,35-38,43H,12-17,23-28,30-33H2,1-11H3. The number of ketones is 1. The quantitative estimate of drug-likeness (QED) is 0.0701. The van der Waals surface area contributed by atoms with Gasteiger partial charge in [0, 0.05) is 37.8 Å². The van der Waals surface area contributed by atoms with Crippen molar-refractivity contribution in [1.82, 2.24) is 9.80 Å². The second-order valence-corrected chi connectivity index (χ2v) is 17.5. The van der Waals surface area contributed by atoms with Crippen molar-refractivity contribution in [3.63, 3.8) is 0 Å². The third-order valence-corrected chi connectivity index (χ3v) is 9.66. The third-order valence-electron chi connectivity index (χ3n) is 9.66. The summed E-state index contributed by atoms with van der Waals surface area (Å²) >= 11 is 0. The van der Waals surface area contributed by atoms with E-state index in [0.717, 1.165) is 80.9 Å². The summed E-state index contributed by atoms with van der Waals surface area (Å²) < 4.78 is 25.1. The Morgan fingerprint density at radius 1 is 0.741 bits per heavy atom. The molecular weight excluding hydrogens is 673 g/mol. The Bertz CT molecular complexity index is 1390. The minimum atomic E-state index is -0.399. The molecule has 1 aliphatic rings. The first-order valence-electron chi connectivity index (χ1n) is 21.1. The molecule has 1 unspecified atom stereocenters. The van der Waals surface area contributed by atoms with Crippen molar-refractivity contribution < 1.29 is 23.7 Å². The van der Waals surface area contributed by atoms with Crippen LogP contribution in [0.4, 0.5) is 0 Å². The Balaban J connectivity index is 1.63. The highest BCUT2D eigenvalue weighted by atomic mass is 16.5. The van der Waals surface area contributed by atoms with E-state index < -0.39 is 6.10 Å². The zero-order valence-corrected chi connectivity index (χ0v) is 36.1. The van der Waals surface area contributed by atoms with Gasteiger partial charge in [-0.15, -0.1) is 0 Å². The maximum Gasteiger partial charge on any atom is 0.174 e. The second kappa shape index (κ2) is 23.8. The van der Waals surface area contributed by atoms with E-state index in [0.29, 0.717) is 60.4 Å². The Kier molecular flexibility index (Phi) is 20.0. The van der Waals surface area contributed by atoms with E-state index in [1.807, 2.05) is 30.3 Å². The molecule has 0 aromatic heterocycles. The summed E-state index contributed by atoms with van der Waals surface area (Å²) in [7, 11) is 1.61. The van der Waals surface area contributed by atoms with Crippen molar-refractivity contribution in [2.24, 2.45) is 23.7 Å². The predicted molar refractivity (Wildman–Crippen MR) is 226 cm³/mol. The van der Waals surface area contributed by atoms with Gasteiger partial charge in [0.25, 0.3) is 0 Å².